The molecule has 0 fully saturated rings. The molecule has 5 N–H and O–H groups in total. The molecule has 0 aliphatic carbocycles. The first-order valence-corrected chi connectivity index (χ1v) is 11.2. The number of para-hydroxylation sites is 1. The molecule has 3 rings (SSSR count). The second kappa shape index (κ2) is 10.8. The minimum absolute atomic E-state index is 0.00998. The van der Waals surface area contributed by atoms with Crippen LogP contribution in [0, 0.1) is 0 Å². The van der Waals surface area contributed by atoms with Gasteiger partial charge in [0.1, 0.15) is 5.75 Å². The number of nitrogens with one attached hydrogen (secondary N) is 3. The zero-order valence-corrected chi connectivity index (χ0v) is 19.5. The number of carboxylic acids is 1. The summed E-state index contributed by atoms with van der Waals surface area (Å²) in [6.07, 6.45) is 0.265. The average molecular weight is 453 g/mol. The van der Waals surface area contributed by atoms with E-state index in [0.717, 1.165) is 11.1 Å². The largest absolute Gasteiger partial charge is 0.547 e. The van der Waals surface area contributed by atoms with Crippen LogP contribution in [0.1, 0.15) is 65.1 Å². The molecule has 1 atom stereocenters. The Morgan fingerprint density at radius 2 is 1.73 bits per heavy atom. The number of amides is 1. The molecular weight excluding hydrogens is 421 g/mol. The van der Waals surface area contributed by atoms with Gasteiger partial charge in [0, 0.05) is 30.7 Å². The summed E-state index contributed by atoms with van der Waals surface area (Å²) < 4.78 is 5.48. The lowest BCUT2D eigenvalue weighted by Crippen LogP contribution is -2.53. The van der Waals surface area contributed by atoms with Crippen LogP contribution < -0.4 is 20.6 Å². The number of aromatic carboxylic acids is 1. The first kappa shape index (κ1) is 24.8. The van der Waals surface area contributed by atoms with Gasteiger partial charge in [-0.05, 0) is 41.3 Å². The van der Waals surface area contributed by atoms with Gasteiger partial charge in [-0.3, -0.25) is 4.79 Å². The molecule has 2 aromatic carbocycles. The van der Waals surface area contributed by atoms with E-state index in [0.29, 0.717) is 36.3 Å². The van der Waals surface area contributed by atoms with Crippen LogP contribution in [0.2, 0.25) is 0 Å². The van der Waals surface area contributed by atoms with E-state index in [-0.39, 0.29) is 23.6 Å². The lowest BCUT2D eigenvalue weighted by Gasteiger charge is -2.29. The molecule has 1 amide bonds. The van der Waals surface area contributed by atoms with Crippen molar-refractivity contribution < 1.29 is 24.4 Å². The van der Waals surface area contributed by atoms with E-state index in [4.69, 9.17) is 4.65 Å². The van der Waals surface area contributed by atoms with Crippen molar-refractivity contribution in [2.75, 3.05) is 0 Å². The number of benzene rings is 2. The molecule has 2 aromatic rings. The summed E-state index contributed by atoms with van der Waals surface area (Å²) in [6.45, 7) is 9.65. The van der Waals surface area contributed by atoms with Gasteiger partial charge in [0.2, 0.25) is 0 Å². The first-order valence-electron chi connectivity index (χ1n) is 11.2. The van der Waals surface area contributed by atoms with E-state index in [1.165, 1.54) is 6.07 Å². The summed E-state index contributed by atoms with van der Waals surface area (Å²) in [5, 5.41) is 29.4. The van der Waals surface area contributed by atoms with Crippen molar-refractivity contribution in [3.63, 3.8) is 0 Å². The van der Waals surface area contributed by atoms with Gasteiger partial charge >= 0.3 is 13.1 Å². The van der Waals surface area contributed by atoms with E-state index in [2.05, 4.69) is 43.6 Å². The van der Waals surface area contributed by atoms with Crippen LogP contribution in [0.4, 0.5) is 0 Å². The highest BCUT2D eigenvalue weighted by Crippen LogP contribution is 2.30. The predicted octanol–water partition coefficient (Wildman–Crippen LogP) is 2.13. The quantitative estimate of drug-likeness (QED) is 0.369. The fourth-order valence-corrected chi connectivity index (χ4v) is 3.70. The number of rotatable bonds is 9. The SMILES string of the molecule is CC(C)NCc1ccc(C(=O)N[C@H]2Cc3cccc(C(=O)O)c3OB2O)cc1CNC(C)C. The Bertz CT molecular complexity index is 1010. The Morgan fingerprint density at radius 1 is 1.06 bits per heavy atom. The van der Waals surface area contributed by atoms with Crippen molar-refractivity contribution in [1.82, 2.24) is 16.0 Å². The Labute approximate surface area is 194 Å². The summed E-state index contributed by atoms with van der Waals surface area (Å²) >= 11 is 0. The standard InChI is InChI=1S/C24H32BN3O5/c1-14(2)26-12-18-9-8-17(10-19(18)13-27-15(3)4)23(29)28-21-11-16-6-5-7-20(24(30)31)22(16)33-25(21)32/h5-10,14-15,21,26-27,32H,11-13H2,1-4H3,(H,28,29)(H,30,31)/t21-/m0/s1. The third-order valence-electron chi connectivity index (χ3n) is 5.54. The molecule has 0 radical (unpaired) electrons. The van der Waals surface area contributed by atoms with Crippen LogP contribution in [0.5, 0.6) is 5.75 Å². The van der Waals surface area contributed by atoms with Crippen molar-refractivity contribution >= 4 is 19.0 Å². The van der Waals surface area contributed by atoms with Crippen molar-refractivity contribution in [3.05, 3.63) is 64.2 Å². The van der Waals surface area contributed by atoms with Crippen LogP contribution in [0.15, 0.2) is 36.4 Å². The third kappa shape index (κ3) is 6.34. The molecular formula is C24H32BN3O5. The van der Waals surface area contributed by atoms with E-state index >= 15 is 0 Å². The van der Waals surface area contributed by atoms with Crippen LogP contribution in [-0.4, -0.2) is 47.2 Å². The maximum atomic E-state index is 13.0. The number of fused-ring (bicyclic) bond motifs is 1. The Morgan fingerprint density at radius 3 is 2.36 bits per heavy atom. The fourth-order valence-electron chi connectivity index (χ4n) is 3.70. The van der Waals surface area contributed by atoms with E-state index < -0.39 is 19.0 Å². The lowest BCUT2D eigenvalue weighted by atomic mass is 9.72. The topological polar surface area (TPSA) is 120 Å². The van der Waals surface area contributed by atoms with Crippen LogP contribution in [0.25, 0.3) is 0 Å². The molecule has 1 aliphatic rings. The molecule has 9 heteroatoms. The monoisotopic (exact) mass is 453 g/mol. The van der Waals surface area contributed by atoms with Crippen LogP contribution >= 0.6 is 0 Å². The number of carbonyl (C=O) groups excluding carboxylic acids is 1. The van der Waals surface area contributed by atoms with Gasteiger partial charge in [-0.25, -0.2) is 4.79 Å². The maximum Gasteiger partial charge on any atom is 0.547 e. The van der Waals surface area contributed by atoms with Crippen LogP contribution in [0.3, 0.4) is 0 Å². The molecule has 0 spiro atoms. The molecule has 0 aromatic heterocycles. The first-order chi connectivity index (χ1) is 15.7. The van der Waals surface area contributed by atoms with Gasteiger partial charge in [-0.15, -0.1) is 0 Å². The molecule has 176 valence electrons. The summed E-state index contributed by atoms with van der Waals surface area (Å²) in [7, 11) is -1.35. The third-order valence-corrected chi connectivity index (χ3v) is 5.54. The zero-order chi connectivity index (χ0) is 24.1. The highest BCUT2D eigenvalue weighted by atomic mass is 16.5. The van der Waals surface area contributed by atoms with Crippen molar-refractivity contribution in [3.8, 4) is 5.75 Å². The summed E-state index contributed by atoms with van der Waals surface area (Å²) in [4.78, 5) is 24.4. The molecule has 8 nitrogen and oxygen atoms in total. The van der Waals surface area contributed by atoms with Crippen molar-refractivity contribution in [2.45, 2.75) is 65.2 Å². The average Bonchev–Trinajstić information content (AvgIpc) is 2.76. The second-order valence-corrected chi connectivity index (χ2v) is 8.95. The summed E-state index contributed by atoms with van der Waals surface area (Å²) in [6, 6.07) is 11.0. The Balaban J connectivity index is 1.77. The molecule has 0 saturated carbocycles. The molecule has 33 heavy (non-hydrogen) atoms. The Kier molecular flexibility index (Phi) is 8.13. The van der Waals surface area contributed by atoms with Gasteiger partial charge in [0.15, 0.2) is 0 Å². The van der Waals surface area contributed by atoms with E-state index in [9.17, 15) is 19.7 Å². The molecule has 0 unspecified atom stereocenters. The lowest BCUT2D eigenvalue weighted by molar-refractivity contribution is 0.0693. The summed E-state index contributed by atoms with van der Waals surface area (Å²) in [5.41, 5.74) is 3.25. The predicted molar refractivity (Wildman–Crippen MR) is 127 cm³/mol. The fraction of sp³-hybridized carbons (Fsp3) is 0.417. The minimum Gasteiger partial charge on any atom is -0.534 e. The smallest absolute Gasteiger partial charge is 0.534 e. The molecule has 1 aliphatic heterocycles. The Hall–Kier alpha value is -2.88. The number of hydrogen-bond acceptors (Lipinski definition) is 6. The van der Waals surface area contributed by atoms with Crippen molar-refractivity contribution in [1.29, 1.82) is 0 Å². The van der Waals surface area contributed by atoms with E-state index in [1.807, 2.05) is 12.1 Å². The highest BCUT2D eigenvalue weighted by Gasteiger charge is 2.37. The number of carboxylic acid groups (broad SMARTS) is 1. The second-order valence-electron chi connectivity index (χ2n) is 8.95. The minimum atomic E-state index is -1.35. The maximum absolute atomic E-state index is 13.0. The van der Waals surface area contributed by atoms with Crippen molar-refractivity contribution in [2.24, 2.45) is 0 Å². The highest BCUT2D eigenvalue weighted by molar-refractivity contribution is 6.47. The molecule has 0 bridgehead atoms. The molecule has 0 saturated heterocycles. The van der Waals surface area contributed by atoms with Gasteiger partial charge in [-0.1, -0.05) is 45.9 Å². The van der Waals surface area contributed by atoms with E-state index in [1.54, 1.807) is 18.2 Å². The number of hydrogen-bond donors (Lipinski definition) is 5. The number of carbonyl (C=O) groups is 2. The van der Waals surface area contributed by atoms with Crippen LogP contribution in [-0.2, 0) is 19.5 Å². The molecule has 1 heterocycles. The normalized spacial score (nSPS) is 15.4. The van der Waals surface area contributed by atoms with Gasteiger partial charge in [-0.2, -0.15) is 0 Å². The van der Waals surface area contributed by atoms with Gasteiger partial charge in [0.05, 0.1) is 11.5 Å². The van der Waals surface area contributed by atoms with Gasteiger partial charge in [0.25, 0.3) is 5.91 Å². The summed E-state index contributed by atoms with van der Waals surface area (Å²) in [5.74, 6) is -2.01. The zero-order valence-electron chi connectivity index (χ0n) is 19.5. The van der Waals surface area contributed by atoms with Gasteiger partial charge < -0.3 is 30.7 Å².